The minimum absolute atomic E-state index is 0.309. The summed E-state index contributed by atoms with van der Waals surface area (Å²) in [6.45, 7) is 0. The van der Waals surface area contributed by atoms with Crippen LogP contribution >= 0.6 is 23.2 Å². The predicted octanol–water partition coefficient (Wildman–Crippen LogP) is 1.22. The standard InChI is InChI=1S/C7H6BCl2NO/c8-7(11,12)4-1-2-5(9)6(10)3-4/h1-3,12H,11H2. The summed E-state index contributed by atoms with van der Waals surface area (Å²) in [5.41, 5.74) is 3.66. The van der Waals surface area contributed by atoms with Gasteiger partial charge in [0.25, 0.3) is 0 Å². The lowest BCUT2D eigenvalue weighted by Crippen LogP contribution is -2.36. The average molecular weight is 202 g/mol. The van der Waals surface area contributed by atoms with Gasteiger partial charge < -0.3 is 10.8 Å². The molecule has 12 heavy (non-hydrogen) atoms. The summed E-state index contributed by atoms with van der Waals surface area (Å²) in [4.78, 5) is 0. The van der Waals surface area contributed by atoms with Gasteiger partial charge in [-0.1, -0.05) is 29.3 Å². The van der Waals surface area contributed by atoms with Crippen molar-refractivity contribution >= 4 is 31.0 Å². The largest absolute Gasteiger partial charge is 0.381 e. The summed E-state index contributed by atoms with van der Waals surface area (Å²) >= 11 is 11.3. The Hall–Kier alpha value is -0.215. The van der Waals surface area contributed by atoms with E-state index >= 15 is 0 Å². The monoisotopic (exact) mass is 201 g/mol. The third-order valence-corrected chi connectivity index (χ3v) is 2.12. The first kappa shape index (κ1) is 9.87. The highest BCUT2D eigenvalue weighted by Gasteiger charge is 2.16. The van der Waals surface area contributed by atoms with E-state index in [1.165, 1.54) is 18.2 Å². The van der Waals surface area contributed by atoms with Crippen molar-refractivity contribution in [3.8, 4) is 0 Å². The molecule has 3 N–H and O–H groups in total. The van der Waals surface area contributed by atoms with E-state index in [0.717, 1.165) is 0 Å². The molecule has 0 aliphatic carbocycles. The summed E-state index contributed by atoms with van der Waals surface area (Å²) in [5.74, 6) is 0. The van der Waals surface area contributed by atoms with Gasteiger partial charge >= 0.3 is 0 Å². The van der Waals surface area contributed by atoms with Crippen LogP contribution in [0.4, 0.5) is 0 Å². The molecular formula is C7H6BCl2NO. The minimum Gasteiger partial charge on any atom is -0.381 e. The van der Waals surface area contributed by atoms with Gasteiger partial charge in [-0.15, -0.1) is 0 Å². The predicted molar refractivity (Wildman–Crippen MR) is 50.3 cm³/mol. The summed E-state index contributed by atoms with van der Waals surface area (Å²) in [6.07, 6.45) is 0. The van der Waals surface area contributed by atoms with Crippen LogP contribution in [0.15, 0.2) is 18.2 Å². The van der Waals surface area contributed by atoms with Crippen LogP contribution in [0.3, 0.4) is 0 Å². The van der Waals surface area contributed by atoms with Crippen molar-refractivity contribution < 1.29 is 5.11 Å². The Labute approximate surface area is 81.7 Å². The first-order valence-electron chi connectivity index (χ1n) is 3.17. The molecule has 2 nitrogen and oxygen atoms in total. The Morgan fingerprint density at radius 3 is 2.33 bits per heavy atom. The summed E-state index contributed by atoms with van der Waals surface area (Å²) in [6, 6.07) is 4.45. The lowest BCUT2D eigenvalue weighted by Gasteiger charge is -2.18. The van der Waals surface area contributed by atoms with Crippen molar-refractivity contribution in [3.63, 3.8) is 0 Å². The zero-order valence-electron chi connectivity index (χ0n) is 6.09. The quantitative estimate of drug-likeness (QED) is 0.531. The fourth-order valence-electron chi connectivity index (χ4n) is 0.745. The fourth-order valence-corrected chi connectivity index (χ4v) is 1.04. The SMILES string of the molecule is [B]C(N)(O)c1ccc(Cl)c(Cl)c1. The molecule has 1 unspecified atom stereocenters. The van der Waals surface area contributed by atoms with E-state index in [4.69, 9.17) is 41.9 Å². The fraction of sp³-hybridized carbons (Fsp3) is 0.143. The number of benzene rings is 1. The summed E-state index contributed by atoms with van der Waals surface area (Å²) in [7, 11) is 5.21. The minimum atomic E-state index is -1.87. The molecule has 0 amide bonds. The molecule has 0 spiro atoms. The summed E-state index contributed by atoms with van der Waals surface area (Å²) < 4.78 is 0. The van der Waals surface area contributed by atoms with Crippen molar-refractivity contribution in [2.24, 2.45) is 5.73 Å². The van der Waals surface area contributed by atoms with Gasteiger partial charge in [0.2, 0.25) is 0 Å². The van der Waals surface area contributed by atoms with Crippen molar-refractivity contribution in [3.05, 3.63) is 33.8 Å². The Bertz CT molecular complexity index is 298. The Morgan fingerprint density at radius 2 is 1.92 bits per heavy atom. The number of nitrogens with two attached hydrogens (primary N) is 1. The van der Waals surface area contributed by atoms with Crippen molar-refractivity contribution in [1.82, 2.24) is 0 Å². The molecular weight excluding hydrogens is 196 g/mol. The molecule has 0 fully saturated rings. The first-order chi connectivity index (χ1) is 5.41. The first-order valence-corrected chi connectivity index (χ1v) is 3.92. The van der Waals surface area contributed by atoms with Crippen LogP contribution in [0.25, 0.3) is 0 Å². The van der Waals surface area contributed by atoms with Crippen LogP contribution in [-0.4, -0.2) is 13.0 Å². The van der Waals surface area contributed by atoms with Crippen molar-refractivity contribution in [2.75, 3.05) is 0 Å². The van der Waals surface area contributed by atoms with E-state index in [-0.39, 0.29) is 0 Å². The van der Waals surface area contributed by atoms with E-state index < -0.39 is 5.62 Å². The smallest absolute Gasteiger partial charge is 0.142 e. The maximum Gasteiger partial charge on any atom is 0.142 e. The van der Waals surface area contributed by atoms with Crippen LogP contribution < -0.4 is 5.73 Å². The van der Waals surface area contributed by atoms with Gasteiger partial charge in [0.15, 0.2) is 0 Å². The lowest BCUT2D eigenvalue weighted by atomic mass is 9.85. The van der Waals surface area contributed by atoms with Crippen molar-refractivity contribution in [2.45, 2.75) is 5.62 Å². The van der Waals surface area contributed by atoms with Gasteiger partial charge in [-0.3, -0.25) is 0 Å². The molecule has 1 aromatic rings. The third-order valence-electron chi connectivity index (χ3n) is 1.38. The van der Waals surface area contributed by atoms with Gasteiger partial charge in [0, 0.05) is 0 Å². The van der Waals surface area contributed by atoms with E-state index in [1.54, 1.807) is 0 Å². The molecule has 2 radical (unpaired) electrons. The van der Waals surface area contributed by atoms with Gasteiger partial charge in [0.05, 0.1) is 15.7 Å². The third kappa shape index (κ3) is 2.14. The second-order valence-electron chi connectivity index (χ2n) is 2.45. The van der Waals surface area contributed by atoms with Crippen LogP contribution in [0.5, 0.6) is 0 Å². The van der Waals surface area contributed by atoms with Crippen LogP contribution in [-0.2, 0) is 5.62 Å². The van der Waals surface area contributed by atoms with Crippen LogP contribution in [0, 0.1) is 0 Å². The number of hydrogen-bond donors (Lipinski definition) is 2. The van der Waals surface area contributed by atoms with Crippen molar-refractivity contribution in [1.29, 1.82) is 0 Å². The van der Waals surface area contributed by atoms with E-state index in [2.05, 4.69) is 0 Å². The highest BCUT2D eigenvalue weighted by atomic mass is 35.5. The van der Waals surface area contributed by atoms with E-state index in [9.17, 15) is 0 Å². The number of aliphatic hydroxyl groups is 1. The van der Waals surface area contributed by atoms with Gasteiger partial charge in [0.1, 0.15) is 7.85 Å². The molecule has 1 atom stereocenters. The number of rotatable bonds is 1. The molecule has 0 heterocycles. The topological polar surface area (TPSA) is 46.2 Å². The molecule has 0 saturated carbocycles. The Kier molecular flexibility index (Phi) is 2.69. The molecule has 0 aliphatic heterocycles. The Balaban J connectivity index is 3.14. The molecule has 1 aromatic carbocycles. The summed E-state index contributed by atoms with van der Waals surface area (Å²) in [5, 5.41) is 9.86. The normalized spacial score (nSPS) is 15.7. The molecule has 0 saturated heterocycles. The van der Waals surface area contributed by atoms with E-state index in [0.29, 0.717) is 15.6 Å². The maximum absolute atomic E-state index is 9.16. The van der Waals surface area contributed by atoms with Gasteiger partial charge in [-0.25, -0.2) is 0 Å². The number of halogens is 2. The molecule has 0 aromatic heterocycles. The average Bonchev–Trinajstić information content (AvgIpc) is 1.92. The highest BCUT2D eigenvalue weighted by Crippen LogP contribution is 2.25. The van der Waals surface area contributed by atoms with Gasteiger partial charge in [-0.2, -0.15) is 0 Å². The molecule has 1 rings (SSSR count). The zero-order valence-corrected chi connectivity index (χ0v) is 7.60. The van der Waals surface area contributed by atoms with Crippen LogP contribution in [0.1, 0.15) is 5.56 Å². The number of hydrogen-bond acceptors (Lipinski definition) is 2. The molecule has 0 bridgehead atoms. The maximum atomic E-state index is 9.16. The molecule has 62 valence electrons. The van der Waals surface area contributed by atoms with Gasteiger partial charge in [-0.05, 0) is 17.7 Å². The second-order valence-corrected chi connectivity index (χ2v) is 3.27. The second kappa shape index (κ2) is 3.26. The van der Waals surface area contributed by atoms with Crippen LogP contribution in [0.2, 0.25) is 10.0 Å². The Morgan fingerprint density at radius 1 is 1.33 bits per heavy atom. The highest BCUT2D eigenvalue weighted by molar-refractivity contribution is 6.42. The molecule has 0 aliphatic rings. The van der Waals surface area contributed by atoms with E-state index in [1.807, 2.05) is 0 Å². The lowest BCUT2D eigenvalue weighted by molar-refractivity contribution is 0.136. The zero-order chi connectivity index (χ0) is 9.35. The molecule has 5 heteroatoms.